The number of aromatic nitrogens is 2. The number of rotatable bonds is 3. The van der Waals surface area contributed by atoms with Crippen molar-refractivity contribution in [1.29, 1.82) is 0 Å². The summed E-state index contributed by atoms with van der Waals surface area (Å²) in [7, 11) is 1.96. The molecule has 17 heavy (non-hydrogen) atoms. The van der Waals surface area contributed by atoms with Crippen LogP contribution in [0.3, 0.4) is 0 Å². The monoisotopic (exact) mass is 233 g/mol. The van der Waals surface area contributed by atoms with Gasteiger partial charge in [0.15, 0.2) is 0 Å². The lowest BCUT2D eigenvalue weighted by Gasteiger charge is -2.21. The minimum atomic E-state index is 0.373. The van der Waals surface area contributed by atoms with Crippen molar-refractivity contribution in [1.82, 2.24) is 15.1 Å². The Labute approximate surface area is 104 Å². The Morgan fingerprint density at radius 3 is 3.06 bits per heavy atom. The SMILES string of the molecule is CC(NC1C=CCCCCC1)c1cnn(C)c1. The molecule has 0 aromatic carbocycles. The van der Waals surface area contributed by atoms with Crippen LogP contribution in [-0.4, -0.2) is 15.8 Å². The molecule has 1 aliphatic carbocycles. The van der Waals surface area contributed by atoms with E-state index in [0.717, 1.165) is 0 Å². The molecule has 3 heteroatoms. The van der Waals surface area contributed by atoms with Crippen LogP contribution in [-0.2, 0) is 7.05 Å². The fourth-order valence-corrected chi connectivity index (χ4v) is 2.38. The van der Waals surface area contributed by atoms with Gasteiger partial charge in [0.05, 0.1) is 6.20 Å². The quantitative estimate of drug-likeness (QED) is 0.813. The van der Waals surface area contributed by atoms with E-state index in [9.17, 15) is 0 Å². The van der Waals surface area contributed by atoms with Gasteiger partial charge in [0.1, 0.15) is 0 Å². The first kappa shape index (κ1) is 12.4. The average Bonchev–Trinajstić information content (AvgIpc) is 2.68. The number of aryl methyl sites for hydroxylation is 1. The molecule has 1 N–H and O–H groups in total. The molecule has 1 aromatic heterocycles. The molecule has 2 unspecified atom stereocenters. The maximum atomic E-state index is 4.22. The van der Waals surface area contributed by atoms with Gasteiger partial charge in [-0.05, 0) is 26.2 Å². The van der Waals surface area contributed by atoms with Gasteiger partial charge in [-0.15, -0.1) is 0 Å². The summed E-state index contributed by atoms with van der Waals surface area (Å²) in [5, 5.41) is 7.90. The highest BCUT2D eigenvalue weighted by atomic mass is 15.2. The van der Waals surface area contributed by atoms with Crippen molar-refractivity contribution in [3.05, 3.63) is 30.1 Å². The first-order chi connectivity index (χ1) is 8.25. The lowest BCUT2D eigenvalue weighted by molar-refractivity contribution is 0.461. The molecule has 2 rings (SSSR count). The zero-order valence-corrected chi connectivity index (χ0v) is 10.9. The standard InChI is InChI=1S/C14H23N3/c1-12(13-10-15-17(2)11-13)16-14-8-6-4-3-5-7-9-14/h6,8,10-12,14,16H,3-5,7,9H2,1-2H3. The summed E-state index contributed by atoms with van der Waals surface area (Å²) in [4.78, 5) is 0. The maximum absolute atomic E-state index is 4.22. The van der Waals surface area contributed by atoms with Gasteiger partial charge in [-0.3, -0.25) is 4.68 Å². The van der Waals surface area contributed by atoms with E-state index in [1.54, 1.807) is 0 Å². The highest BCUT2D eigenvalue weighted by Crippen LogP contribution is 2.16. The van der Waals surface area contributed by atoms with Crippen molar-refractivity contribution in [3.8, 4) is 0 Å². The van der Waals surface area contributed by atoms with Crippen LogP contribution in [0.1, 0.15) is 50.6 Å². The minimum absolute atomic E-state index is 0.373. The molecule has 0 spiro atoms. The molecule has 94 valence electrons. The summed E-state index contributed by atoms with van der Waals surface area (Å²) in [5.74, 6) is 0. The van der Waals surface area contributed by atoms with Crippen molar-refractivity contribution in [3.63, 3.8) is 0 Å². The number of hydrogen-bond donors (Lipinski definition) is 1. The molecular formula is C14H23N3. The van der Waals surface area contributed by atoms with Gasteiger partial charge in [0.2, 0.25) is 0 Å². The first-order valence-electron chi connectivity index (χ1n) is 6.67. The Hall–Kier alpha value is -1.09. The summed E-state index contributed by atoms with van der Waals surface area (Å²) < 4.78 is 1.86. The summed E-state index contributed by atoms with van der Waals surface area (Å²) in [6.45, 7) is 2.21. The van der Waals surface area contributed by atoms with E-state index in [4.69, 9.17) is 0 Å². The van der Waals surface area contributed by atoms with Gasteiger partial charge in [0.25, 0.3) is 0 Å². The molecule has 0 bridgehead atoms. The molecule has 1 heterocycles. The number of hydrogen-bond acceptors (Lipinski definition) is 2. The topological polar surface area (TPSA) is 29.9 Å². The normalized spacial score (nSPS) is 23.1. The second-order valence-electron chi connectivity index (χ2n) is 5.01. The summed E-state index contributed by atoms with van der Waals surface area (Å²) in [6, 6.07) is 0.892. The third-order valence-electron chi connectivity index (χ3n) is 3.44. The van der Waals surface area contributed by atoms with Gasteiger partial charge >= 0.3 is 0 Å². The Morgan fingerprint density at radius 1 is 1.41 bits per heavy atom. The lowest BCUT2D eigenvalue weighted by atomic mass is 10.0. The summed E-state index contributed by atoms with van der Waals surface area (Å²) in [6.07, 6.45) is 15.2. The number of nitrogens with zero attached hydrogens (tertiary/aromatic N) is 2. The Morgan fingerprint density at radius 2 is 2.29 bits per heavy atom. The molecule has 0 amide bonds. The number of allylic oxidation sites excluding steroid dienone is 1. The molecule has 1 aliphatic rings. The van der Waals surface area contributed by atoms with Gasteiger partial charge in [-0.1, -0.05) is 25.0 Å². The largest absolute Gasteiger partial charge is 0.304 e. The summed E-state index contributed by atoms with van der Waals surface area (Å²) >= 11 is 0. The van der Waals surface area contributed by atoms with Crippen LogP contribution in [0.2, 0.25) is 0 Å². The van der Waals surface area contributed by atoms with E-state index in [1.165, 1.54) is 37.7 Å². The van der Waals surface area contributed by atoms with Crippen LogP contribution in [0.25, 0.3) is 0 Å². The molecule has 1 aromatic rings. The Bertz CT molecular complexity index is 367. The third kappa shape index (κ3) is 3.70. The van der Waals surface area contributed by atoms with Gasteiger partial charge in [-0.25, -0.2) is 0 Å². The van der Waals surface area contributed by atoms with E-state index in [2.05, 4.69) is 35.7 Å². The van der Waals surface area contributed by atoms with Crippen LogP contribution < -0.4 is 5.32 Å². The van der Waals surface area contributed by atoms with Crippen LogP contribution >= 0.6 is 0 Å². The second-order valence-corrected chi connectivity index (χ2v) is 5.01. The van der Waals surface area contributed by atoms with E-state index in [0.29, 0.717) is 12.1 Å². The lowest BCUT2D eigenvalue weighted by Crippen LogP contribution is -2.30. The van der Waals surface area contributed by atoms with Crippen LogP contribution in [0.5, 0.6) is 0 Å². The van der Waals surface area contributed by atoms with E-state index >= 15 is 0 Å². The van der Waals surface area contributed by atoms with Crippen molar-refractivity contribution in [2.45, 2.75) is 51.1 Å². The smallest absolute Gasteiger partial charge is 0.0537 e. The summed E-state index contributed by atoms with van der Waals surface area (Å²) in [5.41, 5.74) is 1.27. The zero-order chi connectivity index (χ0) is 12.1. The van der Waals surface area contributed by atoms with Crippen molar-refractivity contribution in [2.24, 2.45) is 7.05 Å². The molecule has 0 saturated carbocycles. The van der Waals surface area contributed by atoms with Gasteiger partial charge in [0, 0.05) is 30.9 Å². The Kier molecular flexibility index (Phi) is 4.37. The fourth-order valence-electron chi connectivity index (χ4n) is 2.38. The molecular weight excluding hydrogens is 210 g/mol. The van der Waals surface area contributed by atoms with Gasteiger partial charge < -0.3 is 5.32 Å². The number of nitrogens with one attached hydrogen (secondary N) is 1. The maximum Gasteiger partial charge on any atom is 0.0537 e. The zero-order valence-electron chi connectivity index (χ0n) is 10.9. The predicted molar refractivity (Wildman–Crippen MR) is 70.8 cm³/mol. The van der Waals surface area contributed by atoms with Crippen molar-refractivity contribution < 1.29 is 0 Å². The van der Waals surface area contributed by atoms with Crippen molar-refractivity contribution in [2.75, 3.05) is 0 Å². The van der Waals surface area contributed by atoms with Crippen molar-refractivity contribution >= 4 is 0 Å². The van der Waals surface area contributed by atoms with E-state index in [1.807, 2.05) is 17.9 Å². The molecule has 0 saturated heterocycles. The van der Waals surface area contributed by atoms with E-state index in [-0.39, 0.29) is 0 Å². The van der Waals surface area contributed by atoms with Gasteiger partial charge in [-0.2, -0.15) is 5.10 Å². The van der Waals surface area contributed by atoms with Crippen LogP contribution in [0.4, 0.5) is 0 Å². The average molecular weight is 233 g/mol. The third-order valence-corrected chi connectivity index (χ3v) is 3.44. The molecule has 0 radical (unpaired) electrons. The molecule has 0 fully saturated rings. The second kappa shape index (κ2) is 6.01. The first-order valence-corrected chi connectivity index (χ1v) is 6.67. The predicted octanol–water partition coefficient (Wildman–Crippen LogP) is 2.96. The van der Waals surface area contributed by atoms with Crippen LogP contribution in [0.15, 0.2) is 24.5 Å². The molecule has 2 atom stereocenters. The Balaban J connectivity index is 1.92. The highest BCUT2D eigenvalue weighted by molar-refractivity contribution is 5.10. The molecule has 3 nitrogen and oxygen atoms in total. The van der Waals surface area contributed by atoms with Crippen LogP contribution in [0, 0.1) is 0 Å². The molecule has 0 aliphatic heterocycles. The van der Waals surface area contributed by atoms with E-state index < -0.39 is 0 Å². The fraction of sp³-hybridized carbons (Fsp3) is 0.643. The highest BCUT2D eigenvalue weighted by Gasteiger charge is 2.12. The minimum Gasteiger partial charge on any atom is -0.304 e.